The Hall–Kier alpha value is -1.10. The van der Waals surface area contributed by atoms with Gasteiger partial charge in [0.05, 0.1) is 9.99 Å². The molecular formula is C8H6BrFN2O. The molecule has 0 amide bonds. The van der Waals surface area contributed by atoms with Gasteiger partial charge in [-0.1, -0.05) is 0 Å². The second-order valence-corrected chi connectivity index (χ2v) is 3.60. The number of aromatic amines is 1. The monoisotopic (exact) mass is 244 g/mol. The van der Waals surface area contributed by atoms with Gasteiger partial charge in [-0.25, -0.2) is 9.18 Å². The molecule has 2 rings (SSSR count). The van der Waals surface area contributed by atoms with E-state index in [0.717, 1.165) is 0 Å². The molecule has 0 fully saturated rings. The number of rotatable bonds is 0. The summed E-state index contributed by atoms with van der Waals surface area (Å²) in [7, 11) is 1.59. The number of benzene rings is 1. The average molecular weight is 245 g/mol. The Labute approximate surface area is 81.3 Å². The Morgan fingerprint density at radius 2 is 2.23 bits per heavy atom. The minimum atomic E-state index is -0.435. The molecule has 0 unspecified atom stereocenters. The molecule has 0 atom stereocenters. The van der Waals surface area contributed by atoms with Crippen molar-refractivity contribution in [2.75, 3.05) is 0 Å². The first-order chi connectivity index (χ1) is 6.11. The lowest BCUT2D eigenvalue weighted by Crippen LogP contribution is -2.11. The summed E-state index contributed by atoms with van der Waals surface area (Å²) in [5, 5.41) is 0. The van der Waals surface area contributed by atoms with Gasteiger partial charge < -0.3 is 4.98 Å². The number of nitrogens with zero attached hydrogens (tertiary/aromatic N) is 1. The largest absolute Gasteiger partial charge is 0.326 e. The standard InChI is InChI=1S/C8H6BrFN2O/c1-12-5-3-2-4(9)6(10)7(5)11-8(12)13/h2-3H,1H3,(H,11,13). The zero-order valence-electron chi connectivity index (χ0n) is 6.77. The molecule has 3 nitrogen and oxygen atoms in total. The van der Waals surface area contributed by atoms with Crippen molar-refractivity contribution in [3.63, 3.8) is 0 Å². The number of nitrogens with one attached hydrogen (secondary N) is 1. The third-order valence-electron chi connectivity index (χ3n) is 1.97. The second-order valence-electron chi connectivity index (χ2n) is 2.74. The van der Waals surface area contributed by atoms with Crippen molar-refractivity contribution >= 4 is 27.0 Å². The van der Waals surface area contributed by atoms with Gasteiger partial charge in [0, 0.05) is 7.05 Å². The maximum Gasteiger partial charge on any atom is 0.326 e. The molecule has 0 aliphatic carbocycles. The minimum absolute atomic E-state index is 0.238. The summed E-state index contributed by atoms with van der Waals surface area (Å²) in [6, 6.07) is 3.26. The highest BCUT2D eigenvalue weighted by atomic mass is 79.9. The SMILES string of the molecule is Cn1c(=O)[nH]c2c(F)c(Br)ccc21. The van der Waals surface area contributed by atoms with Gasteiger partial charge in [0.1, 0.15) is 5.52 Å². The summed E-state index contributed by atoms with van der Waals surface area (Å²) in [5.74, 6) is -0.435. The summed E-state index contributed by atoms with van der Waals surface area (Å²) < 4.78 is 15.1. The first-order valence-corrected chi connectivity index (χ1v) is 4.43. The molecule has 1 N–H and O–H groups in total. The van der Waals surface area contributed by atoms with E-state index in [1.807, 2.05) is 0 Å². The lowest BCUT2D eigenvalue weighted by molar-refractivity contribution is 0.630. The normalized spacial score (nSPS) is 11.0. The fraction of sp³-hybridized carbons (Fsp3) is 0.125. The maximum atomic E-state index is 13.4. The smallest absolute Gasteiger partial charge is 0.303 e. The first kappa shape index (κ1) is 8.50. The Bertz CT molecular complexity index is 529. The second kappa shape index (κ2) is 2.70. The van der Waals surface area contributed by atoms with E-state index in [4.69, 9.17) is 0 Å². The van der Waals surface area contributed by atoms with Crippen LogP contribution in [0, 0.1) is 5.82 Å². The van der Waals surface area contributed by atoms with Gasteiger partial charge >= 0.3 is 5.69 Å². The van der Waals surface area contributed by atoms with Gasteiger partial charge in [-0.2, -0.15) is 0 Å². The Morgan fingerprint density at radius 1 is 1.54 bits per heavy atom. The molecular weight excluding hydrogens is 239 g/mol. The van der Waals surface area contributed by atoms with Crippen LogP contribution in [0.3, 0.4) is 0 Å². The van der Waals surface area contributed by atoms with Crippen LogP contribution < -0.4 is 5.69 Å². The molecule has 68 valence electrons. The van der Waals surface area contributed by atoms with E-state index in [-0.39, 0.29) is 11.2 Å². The lowest BCUT2D eigenvalue weighted by atomic mass is 10.3. The van der Waals surface area contributed by atoms with E-state index in [0.29, 0.717) is 9.99 Å². The van der Waals surface area contributed by atoms with Crippen LogP contribution in [0.2, 0.25) is 0 Å². The molecule has 2 aromatic rings. The number of aryl methyl sites for hydroxylation is 1. The van der Waals surface area contributed by atoms with Crippen LogP contribution in [-0.2, 0) is 7.05 Å². The molecule has 0 radical (unpaired) electrons. The van der Waals surface area contributed by atoms with Crippen molar-refractivity contribution in [1.29, 1.82) is 0 Å². The van der Waals surface area contributed by atoms with Gasteiger partial charge in [0.25, 0.3) is 0 Å². The molecule has 1 aromatic carbocycles. The van der Waals surface area contributed by atoms with Crippen LogP contribution in [0.15, 0.2) is 21.4 Å². The lowest BCUT2D eigenvalue weighted by Gasteiger charge is -1.96. The van der Waals surface area contributed by atoms with Crippen molar-refractivity contribution in [2.24, 2.45) is 7.05 Å². The van der Waals surface area contributed by atoms with Crippen molar-refractivity contribution in [3.8, 4) is 0 Å². The molecule has 0 aliphatic heterocycles. The van der Waals surface area contributed by atoms with Crippen molar-refractivity contribution in [2.45, 2.75) is 0 Å². The van der Waals surface area contributed by atoms with Crippen LogP contribution >= 0.6 is 15.9 Å². The van der Waals surface area contributed by atoms with Crippen molar-refractivity contribution < 1.29 is 4.39 Å². The van der Waals surface area contributed by atoms with E-state index in [1.54, 1.807) is 19.2 Å². The number of halogens is 2. The fourth-order valence-corrected chi connectivity index (χ4v) is 1.57. The Balaban J connectivity index is 3.03. The van der Waals surface area contributed by atoms with E-state index < -0.39 is 5.82 Å². The first-order valence-electron chi connectivity index (χ1n) is 3.64. The molecule has 0 bridgehead atoms. The summed E-state index contributed by atoms with van der Waals surface area (Å²) in [5.41, 5.74) is 0.486. The summed E-state index contributed by atoms with van der Waals surface area (Å²) in [6.07, 6.45) is 0. The highest BCUT2D eigenvalue weighted by molar-refractivity contribution is 9.10. The van der Waals surface area contributed by atoms with Crippen molar-refractivity contribution in [1.82, 2.24) is 9.55 Å². The topological polar surface area (TPSA) is 37.8 Å². The van der Waals surface area contributed by atoms with E-state index in [9.17, 15) is 9.18 Å². The molecule has 0 saturated heterocycles. The van der Waals surface area contributed by atoms with E-state index >= 15 is 0 Å². The number of hydrogen-bond acceptors (Lipinski definition) is 1. The fourth-order valence-electron chi connectivity index (χ4n) is 1.24. The Morgan fingerprint density at radius 3 is 2.92 bits per heavy atom. The quantitative estimate of drug-likeness (QED) is 0.754. The van der Waals surface area contributed by atoms with Gasteiger partial charge in [-0.3, -0.25) is 4.57 Å². The predicted molar refractivity (Wildman–Crippen MR) is 51.2 cm³/mol. The summed E-state index contributed by atoms with van der Waals surface area (Å²) in [6.45, 7) is 0. The van der Waals surface area contributed by atoms with Crippen molar-refractivity contribution in [3.05, 3.63) is 32.9 Å². The average Bonchev–Trinajstić information content (AvgIpc) is 2.38. The number of hydrogen-bond donors (Lipinski definition) is 1. The number of fused-ring (bicyclic) bond motifs is 1. The predicted octanol–water partition coefficient (Wildman–Crippen LogP) is 1.77. The van der Waals surface area contributed by atoms with Gasteiger partial charge in [-0.05, 0) is 28.1 Å². The van der Waals surface area contributed by atoms with Crippen LogP contribution in [0.5, 0.6) is 0 Å². The molecule has 0 aliphatic rings. The highest BCUT2D eigenvalue weighted by Crippen LogP contribution is 2.21. The zero-order chi connectivity index (χ0) is 9.59. The third kappa shape index (κ3) is 1.11. The van der Waals surface area contributed by atoms with Gasteiger partial charge in [0.15, 0.2) is 5.82 Å². The molecule has 1 heterocycles. The Kier molecular flexibility index (Phi) is 1.76. The molecule has 0 saturated carbocycles. The van der Waals surface area contributed by atoms with Crippen LogP contribution in [0.1, 0.15) is 0 Å². The summed E-state index contributed by atoms with van der Waals surface area (Å²) in [4.78, 5) is 13.6. The van der Waals surface area contributed by atoms with Gasteiger partial charge in [0.2, 0.25) is 0 Å². The highest BCUT2D eigenvalue weighted by Gasteiger charge is 2.09. The van der Waals surface area contributed by atoms with Gasteiger partial charge in [-0.15, -0.1) is 0 Å². The molecule has 5 heteroatoms. The van der Waals surface area contributed by atoms with Crippen LogP contribution in [0.25, 0.3) is 11.0 Å². The number of H-pyrrole nitrogens is 1. The third-order valence-corrected chi connectivity index (χ3v) is 2.58. The zero-order valence-corrected chi connectivity index (χ0v) is 8.35. The van der Waals surface area contributed by atoms with Crippen LogP contribution in [0.4, 0.5) is 4.39 Å². The maximum absolute atomic E-state index is 13.4. The molecule has 13 heavy (non-hydrogen) atoms. The minimum Gasteiger partial charge on any atom is -0.303 e. The van der Waals surface area contributed by atoms with E-state index in [1.165, 1.54) is 4.57 Å². The molecule has 0 spiro atoms. The molecule has 1 aromatic heterocycles. The number of imidazole rings is 1. The summed E-state index contributed by atoms with van der Waals surface area (Å²) >= 11 is 3.04. The van der Waals surface area contributed by atoms with Crippen LogP contribution in [-0.4, -0.2) is 9.55 Å². The van der Waals surface area contributed by atoms with E-state index in [2.05, 4.69) is 20.9 Å². The number of aromatic nitrogens is 2.